The fourth-order valence-corrected chi connectivity index (χ4v) is 1.47. The third-order valence-electron chi connectivity index (χ3n) is 2.06. The van der Waals surface area contributed by atoms with Gasteiger partial charge in [0, 0.05) is 17.3 Å². The summed E-state index contributed by atoms with van der Waals surface area (Å²) >= 11 is 5.73. The first-order valence-electron chi connectivity index (χ1n) is 4.82. The molecule has 0 fully saturated rings. The monoisotopic (exact) mass is 241 g/mol. The van der Waals surface area contributed by atoms with Gasteiger partial charge in [-0.25, -0.2) is 0 Å². The van der Waals surface area contributed by atoms with Gasteiger partial charge in [-0.1, -0.05) is 11.6 Å². The molecule has 1 rings (SSSR count). The maximum Gasteiger partial charge on any atom is 0.312 e. The molecule has 0 saturated heterocycles. The molecule has 0 aromatic heterocycles. The number of hydrogen-bond donors (Lipinski definition) is 1. The van der Waals surface area contributed by atoms with E-state index in [2.05, 4.69) is 0 Å². The number of carbonyl (C=O) groups is 2. The van der Waals surface area contributed by atoms with Gasteiger partial charge in [-0.3, -0.25) is 9.59 Å². The maximum atomic E-state index is 11.6. The Morgan fingerprint density at radius 1 is 1.31 bits per heavy atom. The van der Waals surface area contributed by atoms with E-state index in [1.54, 1.807) is 31.2 Å². The van der Waals surface area contributed by atoms with Crippen LogP contribution in [0.3, 0.4) is 0 Å². The lowest BCUT2D eigenvalue weighted by atomic mass is 10.2. The Morgan fingerprint density at radius 2 is 1.88 bits per heavy atom. The lowest BCUT2D eigenvalue weighted by molar-refractivity contribution is -0.140. The molecule has 0 radical (unpaired) electrons. The number of aliphatic carboxylic acids is 1. The summed E-state index contributed by atoms with van der Waals surface area (Å²) in [5.41, 5.74) is 0.651. The van der Waals surface area contributed by atoms with E-state index >= 15 is 0 Å². The van der Waals surface area contributed by atoms with E-state index in [4.69, 9.17) is 16.7 Å². The molecule has 0 saturated carbocycles. The molecule has 0 aliphatic carbocycles. The van der Waals surface area contributed by atoms with Crippen molar-refractivity contribution >= 4 is 29.2 Å². The number of anilines is 1. The van der Waals surface area contributed by atoms with E-state index in [9.17, 15) is 9.59 Å². The summed E-state index contributed by atoms with van der Waals surface area (Å²) in [5.74, 6) is -1.56. The van der Waals surface area contributed by atoms with Gasteiger partial charge in [0.15, 0.2) is 0 Å². The van der Waals surface area contributed by atoms with Crippen LogP contribution in [0, 0.1) is 0 Å². The molecular weight excluding hydrogens is 230 g/mol. The largest absolute Gasteiger partial charge is 0.481 e. The van der Waals surface area contributed by atoms with Crippen LogP contribution in [0.2, 0.25) is 5.02 Å². The van der Waals surface area contributed by atoms with Crippen molar-refractivity contribution in [3.05, 3.63) is 29.3 Å². The van der Waals surface area contributed by atoms with Crippen molar-refractivity contribution < 1.29 is 14.7 Å². The van der Waals surface area contributed by atoms with Gasteiger partial charge in [0.1, 0.15) is 6.42 Å². The minimum absolute atomic E-state index is 0.424. The van der Waals surface area contributed by atoms with Crippen LogP contribution in [0.4, 0.5) is 5.69 Å². The lowest BCUT2D eigenvalue weighted by Crippen LogP contribution is -2.32. The van der Waals surface area contributed by atoms with Crippen LogP contribution >= 0.6 is 11.6 Å². The van der Waals surface area contributed by atoms with Crippen molar-refractivity contribution in [1.82, 2.24) is 0 Å². The molecular formula is C11H12ClNO3. The Labute approximate surface area is 98.4 Å². The Kier molecular flexibility index (Phi) is 4.31. The normalized spacial score (nSPS) is 9.88. The van der Waals surface area contributed by atoms with Crippen LogP contribution in [0.1, 0.15) is 13.3 Å². The van der Waals surface area contributed by atoms with Crippen LogP contribution in [-0.4, -0.2) is 23.5 Å². The Balaban J connectivity index is 2.85. The minimum Gasteiger partial charge on any atom is -0.481 e. The van der Waals surface area contributed by atoms with Gasteiger partial charge >= 0.3 is 5.97 Å². The highest BCUT2D eigenvalue weighted by molar-refractivity contribution is 6.30. The molecule has 86 valence electrons. The second-order valence-electron chi connectivity index (χ2n) is 3.18. The summed E-state index contributed by atoms with van der Waals surface area (Å²) < 4.78 is 0. The van der Waals surface area contributed by atoms with Gasteiger partial charge in [0.25, 0.3) is 0 Å². The third kappa shape index (κ3) is 3.24. The van der Waals surface area contributed by atoms with Gasteiger partial charge in [-0.15, -0.1) is 0 Å². The fraction of sp³-hybridized carbons (Fsp3) is 0.273. The van der Waals surface area contributed by atoms with E-state index in [0.717, 1.165) is 0 Å². The molecule has 5 heteroatoms. The van der Waals surface area contributed by atoms with Gasteiger partial charge in [0.2, 0.25) is 5.91 Å². The van der Waals surface area contributed by atoms with Crippen LogP contribution in [0.5, 0.6) is 0 Å². The highest BCUT2D eigenvalue weighted by Gasteiger charge is 2.16. The summed E-state index contributed by atoms with van der Waals surface area (Å²) in [6.07, 6.45) is -0.504. The molecule has 16 heavy (non-hydrogen) atoms. The Bertz CT molecular complexity index is 389. The zero-order valence-corrected chi connectivity index (χ0v) is 9.57. The smallest absolute Gasteiger partial charge is 0.312 e. The van der Waals surface area contributed by atoms with Crippen LogP contribution in [0.25, 0.3) is 0 Å². The van der Waals surface area contributed by atoms with Crippen LogP contribution < -0.4 is 4.90 Å². The predicted molar refractivity (Wildman–Crippen MR) is 61.7 cm³/mol. The zero-order valence-electron chi connectivity index (χ0n) is 8.81. The zero-order chi connectivity index (χ0) is 12.1. The van der Waals surface area contributed by atoms with Crippen molar-refractivity contribution in [2.24, 2.45) is 0 Å². The fourth-order valence-electron chi connectivity index (χ4n) is 1.35. The number of benzene rings is 1. The number of halogens is 1. The first-order chi connectivity index (χ1) is 7.54. The number of carboxylic acids is 1. The molecule has 0 aliphatic rings. The number of hydrogen-bond acceptors (Lipinski definition) is 2. The molecule has 0 bridgehead atoms. The third-order valence-corrected chi connectivity index (χ3v) is 2.31. The van der Waals surface area contributed by atoms with E-state index in [1.165, 1.54) is 4.90 Å². The summed E-state index contributed by atoms with van der Waals surface area (Å²) in [6.45, 7) is 2.21. The summed E-state index contributed by atoms with van der Waals surface area (Å²) in [7, 11) is 0. The van der Waals surface area contributed by atoms with Gasteiger partial charge < -0.3 is 10.0 Å². The van der Waals surface area contributed by atoms with Crippen molar-refractivity contribution in [3.63, 3.8) is 0 Å². The molecule has 0 unspecified atom stereocenters. The highest BCUT2D eigenvalue weighted by Crippen LogP contribution is 2.18. The van der Waals surface area contributed by atoms with Gasteiger partial charge in [-0.2, -0.15) is 0 Å². The highest BCUT2D eigenvalue weighted by atomic mass is 35.5. The SMILES string of the molecule is CCN(C(=O)CC(=O)O)c1ccc(Cl)cc1. The standard InChI is InChI=1S/C11H12ClNO3/c1-2-13(10(14)7-11(15)16)9-5-3-8(12)4-6-9/h3-6H,2,7H2,1H3,(H,15,16). The maximum absolute atomic E-state index is 11.6. The number of rotatable bonds is 4. The predicted octanol–water partition coefficient (Wildman–Crippen LogP) is 2.17. The van der Waals surface area contributed by atoms with Gasteiger partial charge in [0.05, 0.1) is 0 Å². The average molecular weight is 242 g/mol. The second-order valence-corrected chi connectivity index (χ2v) is 3.62. The molecule has 1 N–H and O–H groups in total. The molecule has 0 aliphatic heterocycles. The molecule has 0 atom stereocenters. The number of carbonyl (C=O) groups excluding carboxylic acids is 1. The number of carboxylic acid groups (broad SMARTS) is 1. The van der Waals surface area contributed by atoms with Crippen LogP contribution in [0.15, 0.2) is 24.3 Å². The van der Waals surface area contributed by atoms with E-state index in [0.29, 0.717) is 17.3 Å². The molecule has 1 aromatic carbocycles. The first kappa shape index (κ1) is 12.5. The van der Waals surface area contributed by atoms with Gasteiger partial charge in [-0.05, 0) is 31.2 Å². The van der Waals surface area contributed by atoms with E-state index in [-0.39, 0.29) is 0 Å². The Morgan fingerprint density at radius 3 is 2.31 bits per heavy atom. The summed E-state index contributed by atoms with van der Waals surface area (Å²) in [5, 5.41) is 9.13. The van der Waals surface area contributed by atoms with E-state index in [1.807, 2.05) is 0 Å². The molecule has 1 amide bonds. The summed E-state index contributed by atoms with van der Waals surface area (Å²) in [6, 6.07) is 6.69. The van der Waals surface area contributed by atoms with Crippen molar-refractivity contribution in [3.8, 4) is 0 Å². The van der Waals surface area contributed by atoms with Crippen molar-refractivity contribution in [2.45, 2.75) is 13.3 Å². The first-order valence-corrected chi connectivity index (χ1v) is 5.20. The molecule has 4 nitrogen and oxygen atoms in total. The topological polar surface area (TPSA) is 57.6 Å². The molecule has 1 aromatic rings. The molecule has 0 heterocycles. The molecule has 0 spiro atoms. The van der Waals surface area contributed by atoms with Crippen molar-refractivity contribution in [1.29, 1.82) is 0 Å². The van der Waals surface area contributed by atoms with E-state index < -0.39 is 18.3 Å². The lowest BCUT2D eigenvalue weighted by Gasteiger charge is -2.20. The van der Waals surface area contributed by atoms with Crippen LogP contribution in [-0.2, 0) is 9.59 Å². The minimum atomic E-state index is -1.13. The van der Waals surface area contributed by atoms with Crippen molar-refractivity contribution in [2.75, 3.05) is 11.4 Å². The average Bonchev–Trinajstić information content (AvgIpc) is 2.21. The number of nitrogens with zero attached hydrogens (tertiary/aromatic N) is 1. The number of amides is 1. The summed E-state index contributed by atoms with van der Waals surface area (Å²) in [4.78, 5) is 23.4. The second kappa shape index (κ2) is 5.51. The quantitative estimate of drug-likeness (QED) is 0.822. The Hall–Kier alpha value is -1.55.